The number of hydrogen-bond acceptors (Lipinski definition) is 5. The second kappa shape index (κ2) is 8.44. The van der Waals surface area contributed by atoms with E-state index in [1.807, 2.05) is 61.7 Å². The average molecular weight is 424 g/mol. The van der Waals surface area contributed by atoms with Crippen molar-refractivity contribution in [2.45, 2.75) is 44.7 Å². The Kier molecular flexibility index (Phi) is 5.72. The highest BCUT2D eigenvalue weighted by molar-refractivity contribution is 7.12. The predicted molar refractivity (Wildman–Crippen MR) is 116 cm³/mol. The van der Waals surface area contributed by atoms with E-state index in [1.54, 1.807) is 11.0 Å². The number of rotatable bonds is 6. The molecule has 2 aromatic heterocycles. The third-order valence-electron chi connectivity index (χ3n) is 5.40. The summed E-state index contributed by atoms with van der Waals surface area (Å²) in [6, 6.07) is 15.3. The molecule has 6 nitrogen and oxygen atoms in total. The zero-order valence-corrected chi connectivity index (χ0v) is 17.9. The molecule has 3 heterocycles. The maximum atomic E-state index is 13.4. The minimum absolute atomic E-state index is 0.0247. The molecule has 7 heteroatoms. The maximum Gasteiger partial charge on any atom is 0.264 e. The molecule has 30 heavy (non-hydrogen) atoms. The fourth-order valence-electron chi connectivity index (χ4n) is 4.03. The Balaban J connectivity index is 1.67. The number of carbonyl (C=O) groups is 2. The summed E-state index contributed by atoms with van der Waals surface area (Å²) in [6.45, 7) is 4.39. The lowest BCUT2D eigenvalue weighted by atomic mass is 9.88. The van der Waals surface area contributed by atoms with Crippen molar-refractivity contribution in [2.24, 2.45) is 0 Å². The van der Waals surface area contributed by atoms with Crippen LogP contribution in [0, 0.1) is 0 Å². The van der Waals surface area contributed by atoms with Gasteiger partial charge in [0.2, 0.25) is 5.91 Å². The van der Waals surface area contributed by atoms with Gasteiger partial charge in [-0.15, -0.1) is 11.3 Å². The number of amides is 2. The van der Waals surface area contributed by atoms with Gasteiger partial charge < -0.3 is 14.7 Å². The van der Waals surface area contributed by atoms with E-state index < -0.39 is 5.54 Å². The number of likely N-dealkylation sites (tertiary alicyclic amines) is 1. The summed E-state index contributed by atoms with van der Waals surface area (Å²) in [5.74, 6) is 0.348. The first kappa shape index (κ1) is 20.3. The zero-order chi connectivity index (χ0) is 21.1. The van der Waals surface area contributed by atoms with Crippen molar-refractivity contribution >= 4 is 23.2 Å². The summed E-state index contributed by atoms with van der Waals surface area (Å²) in [5.41, 5.74) is 0.684. The van der Waals surface area contributed by atoms with Gasteiger partial charge in [-0.05, 0) is 38.1 Å². The van der Waals surface area contributed by atoms with E-state index >= 15 is 0 Å². The lowest BCUT2D eigenvalue weighted by Crippen LogP contribution is -2.59. The summed E-state index contributed by atoms with van der Waals surface area (Å²) in [6.07, 6.45) is 1.65. The lowest BCUT2D eigenvalue weighted by Gasteiger charge is -2.37. The van der Waals surface area contributed by atoms with Gasteiger partial charge in [-0.1, -0.05) is 41.6 Å². The van der Waals surface area contributed by atoms with E-state index in [9.17, 15) is 9.59 Å². The first-order valence-electron chi connectivity index (χ1n) is 10.2. The Bertz CT molecular complexity index is 1010. The van der Waals surface area contributed by atoms with Crippen molar-refractivity contribution < 1.29 is 14.1 Å². The highest BCUT2D eigenvalue weighted by Crippen LogP contribution is 2.36. The molecule has 156 valence electrons. The highest BCUT2D eigenvalue weighted by atomic mass is 32.1. The van der Waals surface area contributed by atoms with E-state index in [-0.39, 0.29) is 17.9 Å². The van der Waals surface area contributed by atoms with Crippen LogP contribution < -0.4 is 5.32 Å². The zero-order valence-electron chi connectivity index (χ0n) is 17.1. The molecule has 1 atom stereocenters. The highest BCUT2D eigenvalue weighted by Gasteiger charge is 2.50. The Labute approximate surface area is 179 Å². The smallest absolute Gasteiger partial charge is 0.264 e. The molecule has 0 saturated carbocycles. The SMILES string of the molecule is CC(C)NC(=O)[C@]1(Cc2cc(-c3ccccc3)no2)CCCN1C(=O)c1cccs1. The van der Waals surface area contributed by atoms with Gasteiger partial charge >= 0.3 is 0 Å². The number of nitrogens with one attached hydrogen (secondary N) is 1. The Morgan fingerprint density at radius 1 is 1.23 bits per heavy atom. The summed E-state index contributed by atoms with van der Waals surface area (Å²) in [4.78, 5) is 29.0. The second-order valence-corrected chi connectivity index (χ2v) is 8.87. The summed E-state index contributed by atoms with van der Waals surface area (Å²) in [5, 5.41) is 9.09. The minimum Gasteiger partial charge on any atom is -0.361 e. The van der Waals surface area contributed by atoms with E-state index in [1.165, 1.54) is 11.3 Å². The van der Waals surface area contributed by atoms with E-state index in [0.717, 1.165) is 17.7 Å². The van der Waals surface area contributed by atoms with Crippen LogP contribution in [0.3, 0.4) is 0 Å². The van der Waals surface area contributed by atoms with Gasteiger partial charge in [-0.2, -0.15) is 0 Å². The Morgan fingerprint density at radius 3 is 2.73 bits per heavy atom. The molecule has 0 spiro atoms. The number of thiophene rings is 1. The normalized spacial score (nSPS) is 18.7. The average Bonchev–Trinajstić information content (AvgIpc) is 3.49. The van der Waals surface area contributed by atoms with Crippen LogP contribution in [0.15, 0.2) is 58.4 Å². The number of nitrogens with zero attached hydrogens (tertiary/aromatic N) is 2. The van der Waals surface area contributed by atoms with Gasteiger partial charge in [0.1, 0.15) is 17.0 Å². The van der Waals surface area contributed by atoms with E-state index in [0.29, 0.717) is 30.0 Å². The largest absolute Gasteiger partial charge is 0.361 e. The molecule has 1 saturated heterocycles. The molecule has 1 aromatic carbocycles. The van der Waals surface area contributed by atoms with Crippen LogP contribution in [0.5, 0.6) is 0 Å². The Morgan fingerprint density at radius 2 is 2.03 bits per heavy atom. The van der Waals surface area contributed by atoms with Gasteiger partial charge in [-0.3, -0.25) is 9.59 Å². The standard InChI is InChI=1S/C23H25N3O3S/c1-16(2)24-22(28)23(11-7-12-26(23)21(27)20-10-6-13-30-20)15-18-14-19(25-29-18)17-8-4-3-5-9-17/h3-6,8-10,13-14,16H,7,11-12,15H2,1-2H3,(H,24,28)/t23-/m1/s1. The van der Waals surface area contributed by atoms with E-state index in [4.69, 9.17) is 4.52 Å². The minimum atomic E-state index is -0.987. The third kappa shape index (κ3) is 3.89. The molecule has 0 unspecified atom stereocenters. The molecular formula is C23H25N3O3S. The third-order valence-corrected chi connectivity index (χ3v) is 6.26. The fraction of sp³-hybridized carbons (Fsp3) is 0.348. The monoisotopic (exact) mass is 423 g/mol. The van der Waals surface area contributed by atoms with Crippen LogP contribution in [0.1, 0.15) is 42.1 Å². The predicted octanol–water partition coefficient (Wildman–Crippen LogP) is 4.15. The number of aromatic nitrogens is 1. The molecule has 0 bridgehead atoms. The number of carbonyl (C=O) groups excluding carboxylic acids is 2. The molecule has 1 aliphatic rings. The van der Waals surface area contributed by atoms with Crippen molar-refractivity contribution in [3.63, 3.8) is 0 Å². The molecule has 3 aromatic rings. The maximum absolute atomic E-state index is 13.4. The number of hydrogen-bond donors (Lipinski definition) is 1. The molecule has 4 rings (SSSR count). The lowest BCUT2D eigenvalue weighted by molar-refractivity contribution is -0.131. The van der Waals surface area contributed by atoms with Crippen LogP contribution >= 0.6 is 11.3 Å². The summed E-state index contributed by atoms with van der Waals surface area (Å²) >= 11 is 1.39. The van der Waals surface area contributed by atoms with Crippen LogP contribution in [-0.2, 0) is 11.2 Å². The fourth-order valence-corrected chi connectivity index (χ4v) is 4.71. The quantitative estimate of drug-likeness (QED) is 0.646. The summed E-state index contributed by atoms with van der Waals surface area (Å²) in [7, 11) is 0. The van der Waals surface area contributed by atoms with E-state index in [2.05, 4.69) is 10.5 Å². The van der Waals surface area contributed by atoms with Gasteiger partial charge in [0.05, 0.1) is 4.88 Å². The molecule has 1 aliphatic heterocycles. The van der Waals surface area contributed by atoms with Crippen molar-refractivity contribution in [2.75, 3.05) is 6.54 Å². The van der Waals surface area contributed by atoms with Crippen LogP contribution in [0.25, 0.3) is 11.3 Å². The molecular weight excluding hydrogens is 398 g/mol. The summed E-state index contributed by atoms with van der Waals surface area (Å²) < 4.78 is 5.61. The molecule has 0 radical (unpaired) electrons. The van der Waals surface area contributed by atoms with Crippen molar-refractivity contribution in [1.29, 1.82) is 0 Å². The first-order chi connectivity index (χ1) is 14.5. The van der Waals surface area contributed by atoms with Crippen molar-refractivity contribution in [1.82, 2.24) is 15.4 Å². The van der Waals surface area contributed by atoms with Crippen LogP contribution in [0.2, 0.25) is 0 Å². The molecule has 0 aliphatic carbocycles. The van der Waals surface area contributed by atoms with Gasteiger partial charge in [0, 0.05) is 30.6 Å². The van der Waals surface area contributed by atoms with Gasteiger partial charge in [-0.25, -0.2) is 0 Å². The van der Waals surface area contributed by atoms with Crippen LogP contribution in [-0.4, -0.2) is 40.0 Å². The van der Waals surface area contributed by atoms with Crippen LogP contribution in [0.4, 0.5) is 0 Å². The van der Waals surface area contributed by atoms with Crippen molar-refractivity contribution in [3.05, 3.63) is 64.5 Å². The van der Waals surface area contributed by atoms with Crippen molar-refractivity contribution in [3.8, 4) is 11.3 Å². The molecule has 1 fully saturated rings. The number of benzene rings is 1. The van der Waals surface area contributed by atoms with Gasteiger partial charge in [0.25, 0.3) is 5.91 Å². The van der Waals surface area contributed by atoms with Gasteiger partial charge in [0.15, 0.2) is 0 Å². The second-order valence-electron chi connectivity index (χ2n) is 7.92. The topological polar surface area (TPSA) is 75.4 Å². The molecule has 1 N–H and O–H groups in total. The Hall–Kier alpha value is -2.93. The first-order valence-corrected chi connectivity index (χ1v) is 11.0. The molecule has 2 amide bonds.